The fourth-order valence-electron chi connectivity index (χ4n) is 3.74. The zero-order valence-electron chi connectivity index (χ0n) is 14.6. The molecule has 0 spiro atoms. The van der Waals surface area contributed by atoms with Gasteiger partial charge in [-0.3, -0.25) is 0 Å². The predicted molar refractivity (Wildman–Crippen MR) is 112 cm³/mol. The van der Waals surface area contributed by atoms with E-state index in [1.165, 1.54) is 11.1 Å². The number of nitrogens with zero attached hydrogens (tertiary/aromatic N) is 1. The van der Waals surface area contributed by atoms with E-state index in [0.717, 1.165) is 23.8 Å². The lowest BCUT2D eigenvalue weighted by atomic mass is 9.94. The van der Waals surface area contributed by atoms with E-state index < -0.39 is 0 Å². The van der Waals surface area contributed by atoms with E-state index in [4.69, 9.17) is 12.2 Å². The summed E-state index contributed by atoms with van der Waals surface area (Å²) in [5.41, 5.74) is 3.74. The Morgan fingerprint density at radius 2 is 1.31 bits per heavy atom. The second-order valence-electron chi connectivity index (χ2n) is 6.72. The number of benzene rings is 3. The molecule has 1 aliphatic rings. The van der Waals surface area contributed by atoms with E-state index in [9.17, 15) is 0 Å². The van der Waals surface area contributed by atoms with Crippen LogP contribution in [0.15, 0.2) is 91.0 Å². The standard InChI is InChI=1S/C23H22N2S/c26-23(24-21-14-8-3-9-15-21)25-17-20(18-10-4-1-5-11-18)16-22(25)19-12-6-2-7-13-19/h1-15,20,22H,16-17H2,(H,24,26)/t20-,22-/m1/s1. The van der Waals surface area contributed by atoms with Gasteiger partial charge in [-0.1, -0.05) is 78.9 Å². The van der Waals surface area contributed by atoms with Crippen molar-refractivity contribution in [2.75, 3.05) is 11.9 Å². The number of hydrogen-bond donors (Lipinski definition) is 1. The van der Waals surface area contributed by atoms with Gasteiger partial charge in [0.1, 0.15) is 0 Å². The lowest BCUT2D eigenvalue weighted by molar-refractivity contribution is 0.405. The molecule has 3 aromatic carbocycles. The van der Waals surface area contributed by atoms with Crippen LogP contribution >= 0.6 is 12.2 Å². The molecule has 0 unspecified atom stereocenters. The van der Waals surface area contributed by atoms with Gasteiger partial charge >= 0.3 is 0 Å². The molecule has 0 radical (unpaired) electrons. The second-order valence-corrected chi connectivity index (χ2v) is 7.11. The third kappa shape index (κ3) is 3.63. The second kappa shape index (κ2) is 7.71. The third-order valence-corrected chi connectivity index (χ3v) is 5.38. The molecule has 3 heteroatoms. The quantitative estimate of drug-likeness (QED) is 0.612. The van der Waals surface area contributed by atoms with Crippen molar-refractivity contribution in [2.24, 2.45) is 0 Å². The molecular weight excluding hydrogens is 336 g/mol. The fourth-order valence-corrected chi connectivity index (χ4v) is 4.05. The number of para-hydroxylation sites is 1. The summed E-state index contributed by atoms with van der Waals surface area (Å²) in [4.78, 5) is 2.34. The monoisotopic (exact) mass is 358 g/mol. The van der Waals surface area contributed by atoms with E-state index in [0.29, 0.717) is 12.0 Å². The fraction of sp³-hybridized carbons (Fsp3) is 0.174. The molecule has 1 aliphatic heterocycles. The van der Waals surface area contributed by atoms with Gasteiger partial charge in [-0.25, -0.2) is 0 Å². The first-order valence-electron chi connectivity index (χ1n) is 9.04. The molecule has 0 amide bonds. The zero-order valence-corrected chi connectivity index (χ0v) is 15.4. The van der Waals surface area contributed by atoms with Crippen LogP contribution in [0.25, 0.3) is 0 Å². The van der Waals surface area contributed by atoms with Crippen LogP contribution in [0.2, 0.25) is 0 Å². The van der Waals surface area contributed by atoms with Crippen LogP contribution in [0, 0.1) is 0 Å². The lowest BCUT2D eigenvalue weighted by Crippen LogP contribution is -2.34. The molecular formula is C23H22N2S. The molecule has 130 valence electrons. The Hall–Kier alpha value is -2.65. The van der Waals surface area contributed by atoms with Gasteiger partial charge < -0.3 is 10.2 Å². The van der Waals surface area contributed by atoms with Gasteiger partial charge in [0.25, 0.3) is 0 Å². The maximum absolute atomic E-state index is 5.79. The number of hydrogen-bond acceptors (Lipinski definition) is 1. The summed E-state index contributed by atoms with van der Waals surface area (Å²) in [5.74, 6) is 0.483. The Balaban J connectivity index is 1.60. The zero-order chi connectivity index (χ0) is 17.8. The smallest absolute Gasteiger partial charge is 0.173 e. The van der Waals surface area contributed by atoms with Gasteiger partial charge in [-0.05, 0) is 41.9 Å². The maximum Gasteiger partial charge on any atom is 0.173 e. The van der Waals surface area contributed by atoms with Crippen molar-refractivity contribution >= 4 is 23.0 Å². The van der Waals surface area contributed by atoms with Gasteiger partial charge in [0, 0.05) is 18.2 Å². The normalized spacial score (nSPS) is 19.3. The number of thiocarbonyl (C=S) groups is 1. The molecule has 2 atom stereocenters. The predicted octanol–water partition coefficient (Wildman–Crippen LogP) is 5.61. The van der Waals surface area contributed by atoms with Gasteiger partial charge in [-0.2, -0.15) is 0 Å². The molecule has 0 aliphatic carbocycles. The molecule has 3 aromatic rings. The van der Waals surface area contributed by atoms with Crippen LogP contribution < -0.4 is 5.32 Å². The molecule has 0 saturated carbocycles. The minimum absolute atomic E-state index is 0.296. The Morgan fingerprint density at radius 1 is 0.769 bits per heavy atom. The average molecular weight is 359 g/mol. The summed E-state index contributed by atoms with van der Waals surface area (Å²) >= 11 is 5.79. The molecule has 1 fully saturated rings. The van der Waals surface area contributed by atoms with E-state index in [2.05, 4.69) is 83.0 Å². The molecule has 0 aromatic heterocycles. The minimum atomic E-state index is 0.296. The van der Waals surface area contributed by atoms with Gasteiger partial charge in [-0.15, -0.1) is 0 Å². The van der Waals surface area contributed by atoms with Crippen LogP contribution in [0.3, 0.4) is 0 Å². The Kier molecular flexibility index (Phi) is 4.98. The van der Waals surface area contributed by atoms with Crippen molar-refractivity contribution in [1.29, 1.82) is 0 Å². The van der Waals surface area contributed by atoms with Crippen LogP contribution in [-0.2, 0) is 0 Å². The molecule has 4 rings (SSSR count). The summed E-state index contributed by atoms with van der Waals surface area (Å²) in [6.45, 7) is 0.933. The van der Waals surface area contributed by atoms with E-state index in [1.807, 2.05) is 18.2 Å². The highest BCUT2D eigenvalue weighted by Gasteiger charge is 2.35. The van der Waals surface area contributed by atoms with Crippen molar-refractivity contribution < 1.29 is 0 Å². The Labute approximate surface area is 160 Å². The minimum Gasteiger partial charge on any atom is -0.341 e. The molecule has 1 N–H and O–H groups in total. The van der Waals surface area contributed by atoms with E-state index in [1.54, 1.807) is 0 Å². The van der Waals surface area contributed by atoms with Crippen molar-refractivity contribution in [3.05, 3.63) is 102 Å². The maximum atomic E-state index is 5.79. The molecule has 1 heterocycles. The highest BCUT2D eigenvalue weighted by molar-refractivity contribution is 7.80. The highest BCUT2D eigenvalue weighted by atomic mass is 32.1. The first-order chi connectivity index (χ1) is 12.8. The highest BCUT2D eigenvalue weighted by Crippen LogP contribution is 2.40. The summed E-state index contributed by atoms with van der Waals surface area (Å²) in [5, 5.41) is 4.21. The molecule has 0 bridgehead atoms. The first kappa shape index (κ1) is 16.8. The van der Waals surface area contributed by atoms with Gasteiger partial charge in [0.05, 0.1) is 6.04 Å². The third-order valence-electron chi connectivity index (χ3n) is 5.04. The summed E-state index contributed by atoms with van der Waals surface area (Å²) in [6.07, 6.45) is 1.07. The first-order valence-corrected chi connectivity index (χ1v) is 9.44. The number of anilines is 1. The Bertz CT molecular complexity index is 849. The number of nitrogens with one attached hydrogen (secondary N) is 1. The van der Waals surface area contributed by atoms with E-state index >= 15 is 0 Å². The van der Waals surface area contributed by atoms with Crippen molar-refractivity contribution in [3.63, 3.8) is 0 Å². The number of rotatable bonds is 3. The van der Waals surface area contributed by atoms with Crippen LogP contribution in [0.1, 0.15) is 29.5 Å². The molecule has 1 saturated heterocycles. The van der Waals surface area contributed by atoms with Crippen LogP contribution in [-0.4, -0.2) is 16.6 Å². The summed E-state index contributed by atoms with van der Waals surface area (Å²) in [7, 11) is 0. The van der Waals surface area contributed by atoms with Gasteiger partial charge in [0.15, 0.2) is 5.11 Å². The SMILES string of the molecule is S=C(Nc1ccccc1)N1C[C@H](c2ccccc2)C[C@@H]1c1ccccc1. The van der Waals surface area contributed by atoms with Crippen molar-refractivity contribution in [1.82, 2.24) is 4.90 Å². The average Bonchev–Trinajstić information content (AvgIpc) is 3.16. The largest absolute Gasteiger partial charge is 0.341 e. The van der Waals surface area contributed by atoms with Crippen LogP contribution in [0.5, 0.6) is 0 Å². The van der Waals surface area contributed by atoms with Gasteiger partial charge in [0.2, 0.25) is 0 Å². The summed E-state index contributed by atoms with van der Waals surface area (Å²) < 4.78 is 0. The summed E-state index contributed by atoms with van der Waals surface area (Å²) in [6, 6.07) is 31.9. The Morgan fingerprint density at radius 3 is 1.92 bits per heavy atom. The molecule has 2 nitrogen and oxygen atoms in total. The lowest BCUT2D eigenvalue weighted by Gasteiger charge is -2.28. The van der Waals surface area contributed by atoms with Crippen LogP contribution in [0.4, 0.5) is 5.69 Å². The topological polar surface area (TPSA) is 15.3 Å². The van der Waals surface area contributed by atoms with Crippen molar-refractivity contribution in [2.45, 2.75) is 18.4 Å². The molecule has 26 heavy (non-hydrogen) atoms. The number of likely N-dealkylation sites (tertiary alicyclic amines) is 1. The van der Waals surface area contributed by atoms with E-state index in [-0.39, 0.29) is 0 Å². The van der Waals surface area contributed by atoms with Crippen molar-refractivity contribution in [3.8, 4) is 0 Å².